The van der Waals surface area contributed by atoms with Gasteiger partial charge in [-0.2, -0.15) is 0 Å². The summed E-state index contributed by atoms with van der Waals surface area (Å²) < 4.78 is 15.7. The van der Waals surface area contributed by atoms with Crippen LogP contribution in [0, 0.1) is 0 Å². The van der Waals surface area contributed by atoms with Gasteiger partial charge in [0.25, 0.3) is 0 Å². The fourth-order valence-electron chi connectivity index (χ4n) is 2.22. The van der Waals surface area contributed by atoms with Crippen molar-refractivity contribution < 1.29 is 19.0 Å². The first kappa shape index (κ1) is 15.7. The summed E-state index contributed by atoms with van der Waals surface area (Å²) in [6.07, 6.45) is -0.888. The third-order valence-corrected chi connectivity index (χ3v) is 3.56. The highest BCUT2D eigenvalue weighted by molar-refractivity contribution is 6.28. The summed E-state index contributed by atoms with van der Waals surface area (Å²) in [5.74, 6) is 1.24. The number of hydrogen-bond acceptors (Lipinski definition) is 5. The van der Waals surface area contributed by atoms with Crippen molar-refractivity contribution in [2.75, 3.05) is 20.8 Å². The molecule has 1 aromatic carbocycles. The zero-order valence-corrected chi connectivity index (χ0v) is 12.6. The van der Waals surface area contributed by atoms with E-state index in [0.29, 0.717) is 17.3 Å². The zero-order chi connectivity index (χ0) is 15.4. The van der Waals surface area contributed by atoms with Crippen LogP contribution in [0.5, 0.6) is 11.5 Å². The van der Waals surface area contributed by atoms with E-state index in [1.54, 1.807) is 38.5 Å². The molecule has 0 bridgehead atoms. The molecule has 0 aliphatic carbocycles. The first-order valence-corrected chi connectivity index (χ1v) is 6.83. The SMILES string of the molecule is COc1ccc(C(CN)C(O)c2ccc(Cl)o2)cc1OC. The Morgan fingerprint density at radius 2 is 1.90 bits per heavy atom. The van der Waals surface area contributed by atoms with Crippen LogP contribution in [0.25, 0.3) is 0 Å². The third kappa shape index (κ3) is 3.32. The second kappa shape index (κ2) is 6.85. The number of aliphatic hydroxyl groups is 1. The molecular weight excluding hydrogens is 294 g/mol. The lowest BCUT2D eigenvalue weighted by molar-refractivity contribution is 0.122. The second-order valence-corrected chi connectivity index (χ2v) is 4.92. The normalized spacial score (nSPS) is 13.8. The van der Waals surface area contributed by atoms with Gasteiger partial charge in [0.05, 0.1) is 14.2 Å². The molecule has 0 spiro atoms. The standard InChI is InChI=1S/C15H18ClNO4/c1-19-11-4-3-9(7-13(11)20-2)10(8-17)15(18)12-5-6-14(16)21-12/h3-7,10,15,18H,8,17H2,1-2H3. The fourth-order valence-corrected chi connectivity index (χ4v) is 2.37. The third-order valence-electron chi connectivity index (χ3n) is 3.36. The van der Waals surface area contributed by atoms with Crippen molar-refractivity contribution in [3.8, 4) is 11.5 Å². The van der Waals surface area contributed by atoms with Gasteiger partial charge in [-0.15, -0.1) is 0 Å². The molecule has 0 saturated heterocycles. The van der Waals surface area contributed by atoms with Gasteiger partial charge >= 0.3 is 0 Å². The number of benzene rings is 1. The number of hydrogen-bond donors (Lipinski definition) is 2. The number of aliphatic hydroxyl groups excluding tert-OH is 1. The number of ether oxygens (including phenoxy) is 2. The van der Waals surface area contributed by atoms with Crippen molar-refractivity contribution in [1.82, 2.24) is 0 Å². The maximum atomic E-state index is 10.4. The minimum absolute atomic E-state index is 0.229. The van der Waals surface area contributed by atoms with E-state index in [1.165, 1.54) is 0 Å². The van der Waals surface area contributed by atoms with E-state index in [9.17, 15) is 5.11 Å². The first-order chi connectivity index (χ1) is 10.1. The molecule has 114 valence electrons. The van der Waals surface area contributed by atoms with Crippen molar-refractivity contribution in [2.45, 2.75) is 12.0 Å². The van der Waals surface area contributed by atoms with Crippen molar-refractivity contribution in [3.63, 3.8) is 0 Å². The maximum absolute atomic E-state index is 10.4. The lowest BCUT2D eigenvalue weighted by atomic mass is 9.92. The molecule has 6 heteroatoms. The van der Waals surface area contributed by atoms with Gasteiger partial charge in [-0.3, -0.25) is 0 Å². The van der Waals surface area contributed by atoms with Gasteiger partial charge in [0.15, 0.2) is 16.7 Å². The van der Waals surface area contributed by atoms with E-state index >= 15 is 0 Å². The van der Waals surface area contributed by atoms with Gasteiger partial charge in [0, 0.05) is 12.5 Å². The number of halogens is 1. The van der Waals surface area contributed by atoms with Crippen molar-refractivity contribution in [2.24, 2.45) is 5.73 Å². The van der Waals surface area contributed by atoms with Crippen LogP contribution in [-0.2, 0) is 0 Å². The van der Waals surface area contributed by atoms with E-state index in [4.69, 9.17) is 31.2 Å². The Kier molecular flexibility index (Phi) is 5.12. The van der Waals surface area contributed by atoms with Gasteiger partial charge in [0.2, 0.25) is 0 Å². The van der Waals surface area contributed by atoms with Gasteiger partial charge in [-0.05, 0) is 41.4 Å². The van der Waals surface area contributed by atoms with Gasteiger partial charge in [-0.1, -0.05) is 6.07 Å². The van der Waals surface area contributed by atoms with Crippen LogP contribution in [0.15, 0.2) is 34.7 Å². The highest BCUT2D eigenvalue weighted by Crippen LogP contribution is 2.36. The minimum atomic E-state index is -0.888. The van der Waals surface area contributed by atoms with Crippen LogP contribution >= 0.6 is 11.6 Å². The molecule has 0 aliphatic rings. The molecule has 0 aliphatic heterocycles. The molecule has 3 N–H and O–H groups in total. The van der Waals surface area contributed by atoms with Gasteiger partial charge in [-0.25, -0.2) is 0 Å². The summed E-state index contributed by atoms with van der Waals surface area (Å²) >= 11 is 5.74. The Labute approximate surface area is 128 Å². The maximum Gasteiger partial charge on any atom is 0.193 e. The van der Waals surface area contributed by atoms with Crippen LogP contribution in [0.2, 0.25) is 5.22 Å². The molecule has 2 atom stereocenters. The summed E-state index contributed by atoms with van der Waals surface area (Å²) in [5.41, 5.74) is 6.63. The summed E-state index contributed by atoms with van der Waals surface area (Å²) in [5, 5.41) is 10.7. The van der Waals surface area contributed by atoms with E-state index in [2.05, 4.69) is 0 Å². The molecule has 1 heterocycles. The van der Waals surface area contributed by atoms with Crippen LogP contribution in [-0.4, -0.2) is 25.9 Å². The predicted octanol–water partition coefficient (Wildman–Crippen LogP) is 2.73. The molecule has 0 radical (unpaired) electrons. The van der Waals surface area contributed by atoms with Crippen LogP contribution < -0.4 is 15.2 Å². The average molecular weight is 312 g/mol. The summed E-state index contributed by atoms with van der Waals surface area (Å²) in [4.78, 5) is 0. The minimum Gasteiger partial charge on any atom is -0.493 e. The smallest absolute Gasteiger partial charge is 0.193 e. The molecule has 2 rings (SSSR count). The predicted molar refractivity (Wildman–Crippen MR) is 80.0 cm³/mol. The average Bonchev–Trinajstić information content (AvgIpc) is 2.94. The number of rotatable bonds is 6. The van der Waals surface area contributed by atoms with Crippen LogP contribution in [0.1, 0.15) is 23.3 Å². The van der Waals surface area contributed by atoms with E-state index in [1.807, 2.05) is 6.07 Å². The first-order valence-electron chi connectivity index (χ1n) is 6.46. The number of nitrogens with two attached hydrogens (primary N) is 1. The number of methoxy groups -OCH3 is 2. The molecule has 5 nitrogen and oxygen atoms in total. The topological polar surface area (TPSA) is 77.9 Å². The summed E-state index contributed by atoms with van der Waals surface area (Å²) in [6.45, 7) is 0.245. The molecule has 21 heavy (non-hydrogen) atoms. The molecule has 0 saturated carbocycles. The highest BCUT2D eigenvalue weighted by Gasteiger charge is 2.25. The Balaban J connectivity index is 2.32. The van der Waals surface area contributed by atoms with Crippen molar-refractivity contribution in [1.29, 1.82) is 0 Å². The van der Waals surface area contributed by atoms with Gasteiger partial charge in [0.1, 0.15) is 11.9 Å². The quantitative estimate of drug-likeness (QED) is 0.857. The summed E-state index contributed by atoms with van der Waals surface area (Å²) in [6, 6.07) is 8.63. The second-order valence-electron chi connectivity index (χ2n) is 4.54. The molecular formula is C15H18ClNO4. The lowest BCUT2D eigenvalue weighted by Gasteiger charge is -2.21. The van der Waals surface area contributed by atoms with Crippen LogP contribution in [0.3, 0.4) is 0 Å². The fraction of sp³-hybridized carbons (Fsp3) is 0.333. The number of furan rings is 1. The van der Waals surface area contributed by atoms with Gasteiger partial charge < -0.3 is 24.7 Å². The molecule has 1 aromatic heterocycles. The molecule has 0 fully saturated rings. The monoisotopic (exact) mass is 311 g/mol. The lowest BCUT2D eigenvalue weighted by Crippen LogP contribution is -2.20. The largest absolute Gasteiger partial charge is 0.493 e. The Bertz CT molecular complexity index is 599. The molecule has 2 unspecified atom stereocenters. The van der Waals surface area contributed by atoms with E-state index in [0.717, 1.165) is 5.56 Å². The van der Waals surface area contributed by atoms with Crippen molar-refractivity contribution >= 4 is 11.6 Å². The Hall–Kier alpha value is -1.69. The van der Waals surface area contributed by atoms with Crippen molar-refractivity contribution in [3.05, 3.63) is 46.9 Å². The Morgan fingerprint density at radius 3 is 2.43 bits per heavy atom. The highest BCUT2D eigenvalue weighted by atomic mass is 35.5. The molecule has 0 amide bonds. The van der Waals surface area contributed by atoms with Crippen LogP contribution in [0.4, 0.5) is 0 Å². The van der Waals surface area contributed by atoms with E-state index in [-0.39, 0.29) is 17.7 Å². The zero-order valence-electron chi connectivity index (χ0n) is 11.9. The van der Waals surface area contributed by atoms with E-state index < -0.39 is 6.10 Å². The molecule has 2 aromatic rings. The Morgan fingerprint density at radius 1 is 1.19 bits per heavy atom. The summed E-state index contributed by atoms with van der Waals surface area (Å²) in [7, 11) is 3.12.